The van der Waals surface area contributed by atoms with Crippen molar-refractivity contribution >= 4 is 22.6 Å². The molecule has 3 aromatic rings. The van der Waals surface area contributed by atoms with E-state index in [-0.39, 0.29) is 11.6 Å². The third-order valence-electron chi connectivity index (χ3n) is 4.97. The number of fused-ring (bicyclic) bond motifs is 1. The highest BCUT2D eigenvalue weighted by Gasteiger charge is 2.22. The van der Waals surface area contributed by atoms with E-state index < -0.39 is 0 Å². The van der Waals surface area contributed by atoms with Crippen LogP contribution in [0.5, 0.6) is 0 Å². The Morgan fingerprint density at radius 3 is 2.64 bits per heavy atom. The minimum Gasteiger partial charge on any atom is -0.377 e. The summed E-state index contributed by atoms with van der Waals surface area (Å²) in [6.07, 6.45) is 1.63. The van der Waals surface area contributed by atoms with Crippen molar-refractivity contribution < 1.29 is 9.26 Å². The minimum absolute atomic E-state index is 0.000346. The maximum atomic E-state index is 12.6. The topological polar surface area (TPSA) is 89.5 Å². The molecule has 1 aromatic carbocycles. The first-order chi connectivity index (χ1) is 13.6. The molecule has 9 nitrogen and oxygen atoms in total. The lowest BCUT2D eigenvalue weighted by Crippen LogP contribution is -2.46. The van der Waals surface area contributed by atoms with Gasteiger partial charge in [-0.3, -0.25) is 9.36 Å². The zero-order chi connectivity index (χ0) is 19.7. The highest BCUT2D eigenvalue weighted by Crippen LogP contribution is 2.22. The van der Waals surface area contributed by atoms with E-state index >= 15 is 0 Å². The van der Waals surface area contributed by atoms with E-state index in [4.69, 9.17) is 9.26 Å². The van der Waals surface area contributed by atoms with Crippen LogP contribution in [0.3, 0.4) is 0 Å². The Morgan fingerprint density at radius 2 is 1.93 bits per heavy atom. The van der Waals surface area contributed by atoms with Crippen molar-refractivity contribution in [1.29, 1.82) is 0 Å². The summed E-state index contributed by atoms with van der Waals surface area (Å²) in [5.41, 5.74) is 1.79. The molecule has 0 spiro atoms. The largest absolute Gasteiger partial charge is 0.377 e. The number of nitrogens with zero attached hydrogens (tertiary/aromatic N) is 6. The molecule has 1 saturated heterocycles. The molecule has 1 aliphatic heterocycles. The second-order valence-corrected chi connectivity index (χ2v) is 7.15. The maximum Gasteiger partial charge on any atom is 0.324 e. The molecule has 0 unspecified atom stereocenters. The van der Waals surface area contributed by atoms with Crippen LogP contribution in [0.15, 0.2) is 33.8 Å². The smallest absolute Gasteiger partial charge is 0.324 e. The van der Waals surface area contributed by atoms with Crippen LogP contribution in [-0.2, 0) is 11.3 Å². The lowest BCUT2D eigenvalue weighted by atomic mass is 10.2. The van der Waals surface area contributed by atoms with Gasteiger partial charge in [0, 0.05) is 45.0 Å². The van der Waals surface area contributed by atoms with E-state index in [1.165, 1.54) is 0 Å². The zero-order valence-electron chi connectivity index (χ0n) is 16.3. The number of methoxy groups -OCH3 is 1. The van der Waals surface area contributed by atoms with E-state index in [0.717, 1.165) is 37.4 Å². The predicted molar refractivity (Wildman–Crippen MR) is 106 cm³/mol. The Morgan fingerprint density at radius 1 is 1.18 bits per heavy atom. The number of benzene rings is 1. The van der Waals surface area contributed by atoms with Crippen molar-refractivity contribution in [3.05, 3.63) is 40.7 Å². The Hall–Kier alpha value is -2.94. The average Bonchev–Trinajstić information content (AvgIpc) is 3.17. The number of hydrogen-bond donors (Lipinski definition) is 0. The summed E-state index contributed by atoms with van der Waals surface area (Å²) >= 11 is 0. The molecule has 1 aliphatic rings. The fourth-order valence-corrected chi connectivity index (χ4v) is 3.41. The third-order valence-corrected chi connectivity index (χ3v) is 4.97. The van der Waals surface area contributed by atoms with Crippen molar-refractivity contribution in [2.24, 2.45) is 0 Å². The van der Waals surface area contributed by atoms with Crippen molar-refractivity contribution in [2.75, 3.05) is 43.1 Å². The van der Waals surface area contributed by atoms with Gasteiger partial charge in [-0.2, -0.15) is 4.98 Å². The predicted octanol–water partition coefficient (Wildman–Crippen LogP) is 1.83. The lowest BCUT2D eigenvalue weighted by molar-refractivity contribution is 0.174. The molecule has 0 radical (unpaired) electrons. The number of hydrogen-bond acceptors (Lipinski definition) is 8. The van der Waals surface area contributed by atoms with Gasteiger partial charge in [-0.1, -0.05) is 5.16 Å². The van der Waals surface area contributed by atoms with E-state index in [2.05, 4.69) is 24.9 Å². The second-order valence-electron chi connectivity index (χ2n) is 7.15. The van der Waals surface area contributed by atoms with E-state index in [9.17, 15) is 4.79 Å². The summed E-state index contributed by atoms with van der Waals surface area (Å²) in [4.78, 5) is 25.8. The summed E-state index contributed by atoms with van der Waals surface area (Å²) in [6, 6.07) is 6.47. The molecule has 0 atom stereocenters. The Labute approximate surface area is 162 Å². The molecule has 0 saturated carbocycles. The normalized spacial score (nSPS) is 15.0. The van der Waals surface area contributed by atoms with Crippen LogP contribution >= 0.6 is 0 Å². The standard InChI is InChI=1S/C19H24N6O3/c1-13(2)25-12-20-16-10-14(4-5-15(16)18(25)26)23-6-8-24(9-7-23)19-21-17(11-27-3)22-28-19/h4-5,10,12-13H,6-9,11H2,1-3H3. The van der Waals surface area contributed by atoms with E-state index in [0.29, 0.717) is 23.8 Å². The molecule has 28 heavy (non-hydrogen) atoms. The van der Waals surface area contributed by atoms with Gasteiger partial charge in [0.2, 0.25) is 0 Å². The van der Waals surface area contributed by atoms with Crippen molar-refractivity contribution in [2.45, 2.75) is 26.5 Å². The number of piperazine rings is 1. The monoisotopic (exact) mass is 384 g/mol. The molecule has 3 heterocycles. The number of ether oxygens (including phenoxy) is 1. The Bertz CT molecular complexity index is 1020. The molecule has 0 N–H and O–H groups in total. The fraction of sp³-hybridized carbons (Fsp3) is 0.474. The first-order valence-corrected chi connectivity index (χ1v) is 9.39. The molecule has 0 bridgehead atoms. The molecular formula is C19H24N6O3. The number of aromatic nitrogens is 4. The summed E-state index contributed by atoms with van der Waals surface area (Å²) in [6.45, 7) is 7.47. The van der Waals surface area contributed by atoms with Gasteiger partial charge in [0.1, 0.15) is 6.61 Å². The van der Waals surface area contributed by atoms with Crippen molar-refractivity contribution in [3.8, 4) is 0 Å². The highest BCUT2D eigenvalue weighted by atomic mass is 16.5. The summed E-state index contributed by atoms with van der Waals surface area (Å²) in [5, 5.41) is 4.56. The van der Waals surface area contributed by atoms with Crippen LogP contribution < -0.4 is 15.4 Å². The van der Waals surface area contributed by atoms with Gasteiger partial charge >= 0.3 is 6.01 Å². The Kier molecular flexibility index (Phi) is 4.99. The molecule has 1 fully saturated rings. The lowest BCUT2D eigenvalue weighted by Gasteiger charge is -2.35. The van der Waals surface area contributed by atoms with E-state index in [1.54, 1.807) is 18.0 Å². The number of rotatable bonds is 5. The minimum atomic E-state index is -0.000346. The summed E-state index contributed by atoms with van der Waals surface area (Å²) in [5.74, 6) is 0.549. The summed E-state index contributed by atoms with van der Waals surface area (Å²) in [7, 11) is 1.60. The van der Waals surface area contributed by atoms with E-state index in [1.807, 2.05) is 32.0 Å². The SMILES string of the molecule is COCc1noc(N2CCN(c3ccc4c(=O)n(C(C)C)cnc4c3)CC2)n1. The molecule has 0 amide bonds. The van der Waals surface area contributed by atoms with Crippen LogP contribution in [-0.4, -0.2) is 53.0 Å². The van der Waals surface area contributed by atoms with Gasteiger partial charge < -0.3 is 19.1 Å². The van der Waals surface area contributed by atoms with Crippen LogP contribution in [0, 0.1) is 0 Å². The average molecular weight is 384 g/mol. The zero-order valence-corrected chi connectivity index (χ0v) is 16.3. The van der Waals surface area contributed by atoms with Gasteiger partial charge in [0.05, 0.1) is 17.2 Å². The van der Waals surface area contributed by atoms with Crippen LogP contribution in [0.4, 0.5) is 11.7 Å². The van der Waals surface area contributed by atoms with Gasteiger partial charge in [0.15, 0.2) is 5.82 Å². The quantitative estimate of drug-likeness (QED) is 0.658. The second kappa shape index (κ2) is 7.59. The molecular weight excluding hydrogens is 360 g/mol. The highest BCUT2D eigenvalue weighted by molar-refractivity contribution is 5.81. The molecule has 0 aliphatic carbocycles. The van der Waals surface area contributed by atoms with Crippen LogP contribution in [0.2, 0.25) is 0 Å². The summed E-state index contributed by atoms with van der Waals surface area (Å²) < 4.78 is 12.0. The maximum absolute atomic E-state index is 12.6. The molecule has 148 valence electrons. The van der Waals surface area contributed by atoms with Gasteiger partial charge in [-0.25, -0.2) is 4.98 Å². The first-order valence-electron chi connectivity index (χ1n) is 9.39. The van der Waals surface area contributed by atoms with Crippen molar-refractivity contribution in [3.63, 3.8) is 0 Å². The van der Waals surface area contributed by atoms with Gasteiger partial charge in [0.25, 0.3) is 5.56 Å². The fourth-order valence-electron chi connectivity index (χ4n) is 3.41. The first kappa shape index (κ1) is 18.4. The van der Waals surface area contributed by atoms with Gasteiger partial charge in [-0.15, -0.1) is 0 Å². The molecule has 2 aromatic heterocycles. The third kappa shape index (κ3) is 3.45. The van der Waals surface area contributed by atoms with Gasteiger partial charge in [-0.05, 0) is 32.0 Å². The van der Waals surface area contributed by atoms with Crippen LogP contribution in [0.1, 0.15) is 25.7 Å². The van der Waals surface area contributed by atoms with Crippen molar-refractivity contribution in [1.82, 2.24) is 19.7 Å². The molecule has 9 heteroatoms. The Balaban J connectivity index is 1.49. The number of anilines is 2. The van der Waals surface area contributed by atoms with Crippen LogP contribution in [0.25, 0.3) is 10.9 Å². The molecule has 4 rings (SSSR count).